The molecule has 0 heterocycles. The molecule has 0 bridgehead atoms. The molecule has 9 atom stereocenters. The summed E-state index contributed by atoms with van der Waals surface area (Å²) in [5.74, 6) is 0.617. The molecule has 0 aromatic rings. The summed E-state index contributed by atoms with van der Waals surface area (Å²) in [6, 6.07) is 0. The van der Waals surface area contributed by atoms with Crippen LogP contribution in [0.4, 0.5) is 0 Å². The van der Waals surface area contributed by atoms with Gasteiger partial charge in [0, 0.05) is 23.4 Å². The minimum atomic E-state index is -0.550. The monoisotopic (exact) mass is 472 g/mol. The van der Waals surface area contributed by atoms with Gasteiger partial charge in [-0.2, -0.15) is 0 Å². The number of rotatable bonds is 2. The van der Waals surface area contributed by atoms with Crippen LogP contribution in [0.2, 0.25) is 0 Å². The van der Waals surface area contributed by atoms with Gasteiger partial charge in [0.2, 0.25) is 0 Å². The molecule has 4 heteroatoms. The molecule has 0 unspecified atom stereocenters. The maximum absolute atomic E-state index is 14.2. The summed E-state index contributed by atoms with van der Waals surface area (Å²) >= 11 is 0. The largest absolute Gasteiger partial charge is 0.396 e. The molecule has 192 valence electrons. The van der Waals surface area contributed by atoms with E-state index >= 15 is 0 Å². The van der Waals surface area contributed by atoms with Gasteiger partial charge in [-0.1, -0.05) is 47.1 Å². The Morgan fingerprint density at radius 3 is 2.21 bits per heavy atom. The van der Waals surface area contributed by atoms with Gasteiger partial charge in [0.15, 0.2) is 5.78 Å². The first-order valence-corrected chi connectivity index (χ1v) is 13.9. The lowest BCUT2D eigenvalue weighted by Gasteiger charge is -2.70. The first-order chi connectivity index (χ1) is 15.7. The maximum atomic E-state index is 14.2. The highest BCUT2D eigenvalue weighted by Crippen LogP contribution is 2.75. The van der Waals surface area contributed by atoms with Gasteiger partial charge in [-0.05, 0) is 97.4 Å². The highest BCUT2D eigenvalue weighted by atomic mass is 16.3. The van der Waals surface area contributed by atoms with Crippen LogP contribution in [0, 0.1) is 50.2 Å². The Morgan fingerprint density at radius 1 is 0.882 bits per heavy atom. The number of carbonyl (C=O) groups excluding carboxylic acids is 1. The molecule has 5 aliphatic carbocycles. The first kappa shape index (κ1) is 25.0. The molecule has 0 amide bonds. The summed E-state index contributed by atoms with van der Waals surface area (Å²) in [5.41, 5.74) is 0.537. The second kappa shape index (κ2) is 7.42. The van der Waals surface area contributed by atoms with Crippen molar-refractivity contribution in [2.24, 2.45) is 50.2 Å². The zero-order valence-corrected chi connectivity index (χ0v) is 22.4. The quantitative estimate of drug-likeness (QED) is 0.510. The van der Waals surface area contributed by atoms with Crippen LogP contribution in [0.1, 0.15) is 99.3 Å². The van der Waals surface area contributed by atoms with Crippen LogP contribution in [0.25, 0.3) is 0 Å². The molecule has 0 radical (unpaired) electrons. The number of allylic oxidation sites excluding steroid dienone is 2. The van der Waals surface area contributed by atoms with Gasteiger partial charge >= 0.3 is 0 Å². The molecule has 4 saturated carbocycles. The zero-order valence-electron chi connectivity index (χ0n) is 22.4. The van der Waals surface area contributed by atoms with E-state index in [1.165, 1.54) is 5.57 Å². The van der Waals surface area contributed by atoms with Crippen molar-refractivity contribution >= 4 is 5.78 Å². The van der Waals surface area contributed by atoms with Crippen LogP contribution in [0.3, 0.4) is 0 Å². The van der Waals surface area contributed by atoms with Crippen molar-refractivity contribution in [2.45, 2.75) is 105 Å². The molecule has 0 aromatic heterocycles. The van der Waals surface area contributed by atoms with E-state index in [1.54, 1.807) is 0 Å². The molecule has 4 nitrogen and oxygen atoms in total. The summed E-state index contributed by atoms with van der Waals surface area (Å²) in [6.45, 7) is 14.1. The third kappa shape index (κ3) is 2.91. The summed E-state index contributed by atoms with van der Waals surface area (Å²) < 4.78 is 0. The van der Waals surface area contributed by atoms with Crippen molar-refractivity contribution in [1.29, 1.82) is 0 Å². The fraction of sp³-hybridized carbons (Fsp3) is 0.900. The fourth-order valence-corrected chi connectivity index (χ4v) is 10.5. The number of ketones is 1. The van der Waals surface area contributed by atoms with E-state index in [0.717, 1.165) is 51.4 Å². The second-order valence-corrected chi connectivity index (χ2v) is 14.9. The van der Waals surface area contributed by atoms with E-state index < -0.39 is 11.5 Å². The summed E-state index contributed by atoms with van der Waals surface area (Å²) in [6.07, 6.45) is 10.3. The molecule has 5 rings (SSSR count). The fourth-order valence-electron chi connectivity index (χ4n) is 10.5. The van der Waals surface area contributed by atoms with Gasteiger partial charge in [0.05, 0.1) is 12.7 Å². The van der Waals surface area contributed by atoms with Gasteiger partial charge in [0.1, 0.15) is 0 Å². The topological polar surface area (TPSA) is 77.8 Å². The predicted octanol–water partition coefficient (Wildman–Crippen LogP) is 5.29. The maximum Gasteiger partial charge on any atom is 0.159 e. The molecule has 0 aliphatic heterocycles. The minimum absolute atomic E-state index is 0.0272. The van der Waals surface area contributed by atoms with Crippen molar-refractivity contribution in [3.63, 3.8) is 0 Å². The zero-order chi connectivity index (χ0) is 24.9. The van der Waals surface area contributed by atoms with Crippen molar-refractivity contribution in [3.8, 4) is 0 Å². The lowest BCUT2D eigenvalue weighted by Crippen LogP contribution is -2.67. The molecule has 0 saturated heterocycles. The lowest BCUT2D eigenvalue weighted by molar-refractivity contribution is -0.213. The molecule has 0 spiro atoms. The predicted molar refractivity (Wildman–Crippen MR) is 134 cm³/mol. The van der Waals surface area contributed by atoms with Crippen molar-refractivity contribution in [3.05, 3.63) is 11.6 Å². The van der Waals surface area contributed by atoms with Crippen molar-refractivity contribution < 1.29 is 20.1 Å². The Labute approximate surface area is 206 Å². The van der Waals surface area contributed by atoms with E-state index in [1.807, 2.05) is 6.92 Å². The number of aliphatic hydroxyl groups is 3. The number of fused-ring (bicyclic) bond motifs is 7. The Kier molecular flexibility index (Phi) is 5.44. The number of carbonyl (C=O) groups is 1. The average Bonchev–Trinajstić information content (AvgIpc) is 2.77. The van der Waals surface area contributed by atoms with E-state index in [2.05, 4.69) is 40.7 Å². The van der Waals surface area contributed by atoms with E-state index in [0.29, 0.717) is 6.42 Å². The summed E-state index contributed by atoms with van der Waals surface area (Å²) in [7, 11) is 0. The normalized spacial score (nSPS) is 54.3. The number of hydrogen-bond donors (Lipinski definition) is 3. The average molecular weight is 473 g/mol. The smallest absolute Gasteiger partial charge is 0.159 e. The molecule has 5 aliphatic rings. The van der Waals surface area contributed by atoms with Crippen LogP contribution in [-0.4, -0.2) is 40.4 Å². The summed E-state index contributed by atoms with van der Waals surface area (Å²) in [4.78, 5) is 14.2. The molecular formula is C30H48O4. The van der Waals surface area contributed by atoms with Crippen LogP contribution in [-0.2, 0) is 4.79 Å². The summed E-state index contributed by atoms with van der Waals surface area (Å²) in [5, 5.41) is 31.9. The van der Waals surface area contributed by atoms with Gasteiger partial charge in [-0.25, -0.2) is 0 Å². The number of hydrogen-bond acceptors (Lipinski definition) is 4. The SMILES string of the molecule is CC1(C)CC[C@]2(CO)CC[C@]3(C)C(=CC(=O)[C@@H]4[C@@]5(C)CC[C@H](O)[C@@](C)(CO)[C@@H]5CC[C@]43C)[C@@H]2C1. The van der Waals surface area contributed by atoms with Gasteiger partial charge < -0.3 is 15.3 Å². The van der Waals surface area contributed by atoms with E-state index in [-0.39, 0.29) is 63.8 Å². The first-order valence-electron chi connectivity index (χ1n) is 13.9. The van der Waals surface area contributed by atoms with Crippen molar-refractivity contribution in [2.75, 3.05) is 13.2 Å². The molecule has 0 aromatic carbocycles. The Bertz CT molecular complexity index is 907. The Balaban J connectivity index is 1.63. The van der Waals surface area contributed by atoms with Crippen LogP contribution in [0.5, 0.6) is 0 Å². The third-order valence-electron chi connectivity index (χ3n) is 13.0. The van der Waals surface area contributed by atoms with Crippen LogP contribution >= 0.6 is 0 Å². The minimum Gasteiger partial charge on any atom is -0.396 e. The van der Waals surface area contributed by atoms with Crippen LogP contribution < -0.4 is 0 Å². The van der Waals surface area contributed by atoms with Crippen LogP contribution in [0.15, 0.2) is 11.6 Å². The highest BCUT2D eigenvalue weighted by Gasteiger charge is 2.70. The Morgan fingerprint density at radius 2 is 1.56 bits per heavy atom. The lowest BCUT2D eigenvalue weighted by atomic mass is 9.33. The van der Waals surface area contributed by atoms with Gasteiger partial charge in [-0.3, -0.25) is 4.79 Å². The Hall–Kier alpha value is -0.710. The van der Waals surface area contributed by atoms with Gasteiger partial charge in [-0.15, -0.1) is 0 Å². The molecular weight excluding hydrogens is 424 g/mol. The van der Waals surface area contributed by atoms with E-state index in [9.17, 15) is 20.1 Å². The van der Waals surface area contributed by atoms with Crippen molar-refractivity contribution in [1.82, 2.24) is 0 Å². The standard InChI is InChI=1S/C30H48O4/c1-25(2)11-13-30(18-32)14-12-28(5)19(20(30)16-25)15-21(33)24-26(3)9-8-23(34)27(4,17-31)22(26)7-10-29(24,28)6/h15,20,22-24,31-32,34H,7-14,16-18H2,1-6H3/t20-,22+,23-,24+,26-,27-,28+,29+,30+/m0/s1. The molecule has 34 heavy (non-hydrogen) atoms. The highest BCUT2D eigenvalue weighted by molar-refractivity contribution is 5.95. The van der Waals surface area contributed by atoms with E-state index in [4.69, 9.17) is 0 Å². The third-order valence-corrected chi connectivity index (χ3v) is 13.0. The molecule has 4 fully saturated rings. The molecule has 3 N–H and O–H groups in total. The number of aliphatic hydroxyl groups excluding tert-OH is 3. The van der Waals surface area contributed by atoms with Gasteiger partial charge in [0.25, 0.3) is 0 Å². The second-order valence-electron chi connectivity index (χ2n) is 14.9.